The number of benzene rings is 2. The number of halogens is 1. The fourth-order valence-corrected chi connectivity index (χ4v) is 5.92. The molecule has 3 heterocycles. The molecule has 0 spiro atoms. The number of fused-ring (bicyclic) bond motifs is 1. The van der Waals surface area contributed by atoms with Crippen LogP contribution >= 0.6 is 11.3 Å². The van der Waals surface area contributed by atoms with Crippen LogP contribution in [0.5, 0.6) is 0 Å². The molecule has 46 heavy (non-hydrogen) atoms. The van der Waals surface area contributed by atoms with Crippen LogP contribution in [0.4, 0.5) is 20.7 Å². The summed E-state index contributed by atoms with van der Waals surface area (Å²) in [4.78, 5) is 53.3. The molecule has 0 aliphatic rings. The van der Waals surface area contributed by atoms with Crippen LogP contribution in [0.15, 0.2) is 60.7 Å². The molecule has 12 nitrogen and oxygen atoms in total. The van der Waals surface area contributed by atoms with Gasteiger partial charge in [0.25, 0.3) is 17.7 Å². The minimum Gasteiger partial charge on any atom is -0.448 e. The zero-order valence-electron chi connectivity index (χ0n) is 25.8. The number of ether oxygens (including phenoxy) is 1. The number of hydrogen-bond donors (Lipinski definition) is 3. The Morgan fingerprint density at radius 1 is 0.935 bits per heavy atom. The van der Waals surface area contributed by atoms with E-state index >= 15 is 0 Å². The number of rotatable bonds is 9. The zero-order valence-corrected chi connectivity index (χ0v) is 26.6. The van der Waals surface area contributed by atoms with E-state index in [1.165, 1.54) is 18.2 Å². The second-order valence-corrected chi connectivity index (χ2v) is 11.8. The summed E-state index contributed by atoms with van der Waals surface area (Å²) in [7, 11) is 0. The van der Waals surface area contributed by atoms with Crippen LogP contribution in [0, 0.1) is 12.7 Å². The number of anilines is 2. The lowest BCUT2D eigenvalue weighted by molar-refractivity contribution is 0.0913. The second kappa shape index (κ2) is 12.9. The fraction of sp³-hybridized carbons (Fsp3) is 0.250. The van der Waals surface area contributed by atoms with E-state index in [1.807, 2.05) is 6.92 Å². The molecule has 0 saturated carbocycles. The van der Waals surface area contributed by atoms with Crippen LogP contribution in [0.25, 0.3) is 10.2 Å². The summed E-state index contributed by atoms with van der Waals surface area (Å²) >= 11 is 0.962. The largest absolute Gasteiger partial charge is 0.448 e. The maximum Gasteiger partial charge on any atom is 0.436 e. The van der Waals surface area contributed by atoms with E-state index in [9.17, 15) is 23.6 Å². The number of nitrogens with one attached hydrogen (secondary N) is 3. The van der Waals surface area contributed by atoms with Gasteiger partial charge < -0.3 is 20.7 Å². The number of amides is 3. The van der Waals surface area contributed by atoms with Crippen molar-refractivity contribution < 1.29 is 28.3 Å². The molecule has 3 N–H and O–H groups in total. The van der Waals surface area contributed by atoms with Crippen LogP contribution < -0.4 is 16.0 Å². The molecule has 0 unspecified atom stereocenters. The van der Waals surface area contributed by atoms with Crippen molar-refractivity contribution in [2.75, 3.05) is 17.2 Å². The predicted octanol–water partition coefficient (Wildman–Crippen LogP) is 5.94. The molecule has 0 fully saturated rings. The highest BCUT2D eigenvalue weighted by molar-refractivity contribution is 7.20. The number of para-hydroxylation sites is 1. The molecule has 5 aromatic rings. The van der Waals surface area contributed by atoms with Gasteiger partial charge in [-0.2, -0.15) is 9.78 Å². The van der Waals surface area contributed by atoms with E-state index in [4.69, 9.17) is 4.74 Å². The minimum atomic E-state index is -1.06. The van der Waals surface area contributed by atoms with Gasteiger partial charge in [-0.3, -0.25) is 19.1 Å². The number of carbonyl (C=O) groups excluding carboxylic acids is 4. The molecule has 14 heteroatoms. The number of aryl methyl sites for hydroxylation is 2. The van der Waals surface area contributed by atoms with E-state index in [1.54, 1.807) is 74.8 Å². The van der Waals surface area contributed by atoms with E-state index in [0.29, 0.717) is 28.9 Å². The molecule has 0 aliphatic heterocycles. The monoisotopic (exact) mass is 645 g/mol. The van der Waals surface area contributed by atoms with Crippen molar-refractivity contribution >= 4 is 56.9 Å². The van der Waals surface area contributed by atoms with Gasteiger partial charge in [0.05, 0.1) is 39.4 Å². The summed E-state index contributed by atoms with van der Waals surface area (Å²) in [5.41, 5.74) is 0.633. The molecule has 0 saturated heterocycles. The molecular formula is C32H32FN7O5S. The van der Waals surface area contributed by atoms with Crippen molar-refractivity contribution in [3.05, 3.63) is 93.9 Å². The highest BCUT2D eigenvalue weighted by Crippen LogP contribution is 2.33. The van der Waals surface area contributed by atoms with E-state index in [-0.39, 0.29) is 33.4 Å². The average molecular weight is 646 g/mol. The molecule has 0 aliphatic carbocycles. The summed E-state index contributed by atoms with van der Waals surface area (Å²) in [6, 6.07) is 15.7. The Labute approximate surface area is 267 Å². The number of nitrogens with zero attached hydrogens (tertiary/aromatic N) is 4. The Hall–Kier alpha value is -5.37. The SMILES string of the molecule is CCOC(=O)n1nc(NC(=O)c2ccccc2NC(=O)c2cc(C)nn2CC)c2cc(C(=O)NC(C)(C)c3ccccc3F)sc21. The van der Waals surface area contributed by atoms with Gasteiger partial charge in [0, 0.05) is 12.1 Å². The third kappa shape index (κ3) is 6.38. The Morgan fingerprint density at radius 2 is 1.65 bits per heavy atom. The molecule has 3 amide bonds. The number of thiophene rings is 1. The third-order valence-electron chi connectivity index (χ3n) is 7.08. The molecule has 238 valence electrons. The smallest absolute Gasteiger partial charge is 0.436 e. The van der Waals surface area contributed by atoms with Gasteiger partial charge in [-0.05, 0) is 65.0 Å². The fourth-order valence-electron chi connectivity index (χ4n) is 4.92. The Kier molecular flexibility index (Phi) is 9.00. The lowest BCUT2D eigenvalue weighted by Crippen LogP contribution is -2.41. The topological polar surface area (TPSA) is 149 Å². The molecule has 0 radical (unpaired) electrons. The van der Waals surface area contributed by atoms with E-state index < -0.39 is 35.2 Å². The summed E-state index contributed by atoms with van der Waals surface area (Å²) in [6.07, 6.45) is -0.802. The van der Waals surface area contributed by atoms with Crippen LogP contribution in [-0.4, -0.2) is 50.0 Å². The standard InChI is InChI=1S/C32H32FN7O5S/c1-6-39-24(16-18(3)37-39)28(42)34-23-15-11-8-12-19(23)27(41)35-26-20-17-25(46-30(20)40(38-26)31(44)45-7-2)29(43)36-32(4,5)21-13-9-10-14-22(21)33/h8-17H,6-7H2,1-5H3,(H,34,42)(H,36,43)(H,35,38,41). The molecular weight excluding hydrogens is 613 g/mol. The van der Waals surface area contributed by atoms with Gasteiger partial charge >= 0.3 is 6.09 Å². The van der Waals surface area contributed by atoms with Crippen molar-refractivity contribution in [1.82, 2.24) is 24.9 Å². The van der Waals surface area contributed by atoms with Crippen LogP contribution in [0.3, 0.4) is 0 Å². The molecule has 2 aromatic carbocycles. The summed E-state index contributed by atoms with van der Waals surface area (Å²) in [5.74, 6) is -2.04. The van der Waals surface area contributed by atoms with Crippen molar-refractivity contribution in [3.63, 3.8) is 0 Å². The highest BCUT2D eigenvalue weighted by atomic mass is 32.1. The number of aromatic nitrogens is 4. The maximum absolute atomic E-state index is 14.5. The maximum atomic E-state index is 14.5. The first kappa shape index (κ1) is 32.0. The predicted molar refractivity (Wildman–Crippen MR) is 172 cm³/mol. The molecule has 3 aromatic heterocycles. The first-order valence-electron chi connectivity index (χ1n) is 14.5. The molecule has 0 bridgehead atoms. The van der Waals surface area contributed by atoms with Gasteiger partial charge in [-0.15, -0.1) is 16.4 Å². The van der Waals surface area contributed by atoms with Gasteiger partial charge in [0.2, 0.25) is 0 Å². The highest BCUT2D eigenvalue weighted by Gasteiger charge is 2.29. The number of carbonyl (C=O) groups is 4. The van der Waals surface area contributed by atoms with Crippen molar-refractivity contribution in [1.29, 1.82) is 0 Å². The van der Waals surface area contributed by atoms with Gasteiger partial charge in [0.15, 0.2) is 5.82 Å². The minimum absolute atomic E-state index is 0.00229. The summed E-state index contributed by atoms with van der Waals surface area (Å²) in [5, 5.41) is 17.2. The van der Waals surface area contributed by atoms with Crippen molar-refractivity contribution in [2.24, 2.45) is 0 Å². The van der Waals surface area contributed by atoms with E-state index in [2.05, 4.69) is 26.1 Å². The first-order valence-corrected chi connectivity index (χ1v) is 15.3. The van der Waals surface area contributed by atoms with Crippen molar-refractivity contribution in [2.45, 2.75) is 46.7 Å². The first-order chi connectivity index (χ1) is 21.9. The average Bonchev–Trinajstić information content (AvgIpc) is 3.71. The van der Waals surface area contributed by atoms with Crippen LogP contribution in [0.2, 0.25) is 0 Å². The lowest BCUT2D eigenvalue weighted by atomic mass is 9.93. The quantitative estimate of drug-likeness (QED) is 0.180. The van der Waals surface area contributed by atoms with E-state index in [0.717, 1.165) is 16.0 Å². The van der Waals surface area contributed by atoms with Gasteiger partial charge in [0.1, 0.15) is 16.3 Å². The van der Waals surface area contributed by atoms with Crippen LogP contribution in [-0.2, 0) is 16.8 Å². The van der Waals surface area contributed by atoms with Gasteiger partial charge in [-0.25, -0.2) is 9.18 Å². The van der Waals surface area contributed by atoms with Crippen LogP contribution in [0.1, 0.15) is 69.5 Å². The molecule has 0 atom stereocenters. The zero-order chi connectivity index (χ0) is 33.2. The third-order valence-corrected chi connectivity index (χ3v) is 8.19. The number of hydrogen-bond acceptors (Lipinski definition) is 8. The Balaban J connectivity index is 1.45. The lowest BCUT2D eigenvalue weighted by Gasteiger charge is -2.27. The summed E-state index contributed by atoms with van der Waals surface area (Å²) in [6.45, 7) is 9.19. The van der Waals surface area contributed by atoms with Crippen molar-refractivity contribution in [3.8, 4) is 0 Å². The Bertz CT molecular complexity index is 1980. The second-order valence-electron chi connectivity index (χ2n) is 10.8. The Morgan fingerprint density at radius 3 is 2.37 bits per heavy atom. The molecule has 5 rings (SSSR count). The summed E-state index contributed by atoms with van der Waals surface area (Å²) < 4.78 is 22.2. The normalized spacial score (nSPS) is 11.3. The van der Waals surface area contributed by atoms with Gasteiger partial charge in [-0.1, -0.05) is 30.3 Å².